The lowest BCUT2D eigenvalue weighted by Crippen LogP contribution is -2.37. The summed E-state index contributed by atoms with van der Waals surface area (Å²) in [5, 5.41) is 27.3. The van der Waals surface area contributed by atoms with Crippen molar-refractivity contribution in [2.24, 2.45) is 0 Å². The molecule has 1 aromatic carbocycles. The SMILES string of the molecule is Cc1c(O)c(=O)ccn1CC(=O)NCC(O)CNc1c2c(nc3ccccc13)CCCC2. The van der Waals surface area contributed by atoms with E-state index < -0.39 is 11.5 Å². The van der Waals surface area contributed by atoms with Crippen molar-refractivity contribution in [1.29, 1.82) is 0 Å². The standard InChI is InChI=1S/C24H28N4O4/c1-15-24(32)21(30)10-11-28(15)14-22(31)25-12-16(29)13-26-23-17-6-2-4-8-19(17)27-20-9-5-3-7-18(20)23/h2,4,6,8,10-11,16,29,32H,3,5,7,9,12-14H2,1H3,(H,25,31)(H,26,27). The fourth-order valence-electron chi connectivity index (χ4n) is 4.14. The number of hydrogen-bond acceptors (Lipinski definition) is 6. The van der Waals surface area contributed by atoms with Crippen LogP contribution in [0.4, 0.5) is 5.69 Å². The van der Waals surface area contributed by atoms with Gasteiger partial charge in [0, 0.05) is 42.1 Å². The van der Waals surface area contributed by atoms with E-state index in [0.29, 0.717) is 12.2 Å². The summed E-state index contributed by atoms with van der Waals surface area (Å²) in [7, 11) is 0. The molecule has 168 valence electrons. The quantitative estimate of drug-likeness (QED) is 0.449. The Morgan fingerprint density at radius 2 is 1.97 bits per heavy atom. The van der Waals surface area contributed by atoms with Gasteiger partial charge in [-0.25, -0.2) is 0 Å². The number of anilines is 1. The molecule has 2 aromatic heterocycles. The van der Waals surface area contributed by atoms with Crippen molar-refractivity contribution in [2.45, 2.75) is 45.3 Å². The molecule has 0 spiro atoms. The number of amides is 1. The summed E-state index contributed by atoms with van der Waals surface area (Å²) in [4.78, 5) is 28.5. The fraction of sp³-hybridized carbons (Fsp3) is 0.375. The van der Waals surface area contributed by atoms with Crippen molar-refractivity contribution in [3.63, 3.8) is 0 Å². The molecule has 1 atom stereocenters. The Morgan fingerprint density at radius 1 is 1.19 bits per heavy atom. The van der Waals surface area contributed by atoms with Crippen molar-refractivity contribution in [1.82, 2.24) is 14.9 Å². The Bertz CT molecular complexity index is 1200. The van der Waals surface area contributed by atoms with Gasteiger partial charge in [-0.1, -0.05) is 18.2 Å². The third kappa shape index (κ3) is 4.60. The van der Waals surface area contributed by atoms with Gasteiger partial charge in [-0.15, -0.1) is 0 Å². The summed E-state index contributed by atoms with van der Waals surface area (Å²) in [6, 6.07) is 9.22. The topological polar surface area (TPSA) is 116 Å². The van der Waals surface area contributed by atoms with Gasteiger partial charge < -0.3 is 25.4 Å². The summed E-state index contributed by atoms with van der Waals surface area (Å²) in [5.41, 5.74) is 4.16. The maximum absolute atomic E-state index is 12.3. The minimum Gasteiger partial charge on any atom is -0.503 e. The number of aliphatic hydroxyl groups excluding tert-OH is 1. The van der Waals surface area contributed by atoms with E-state index in [1.54, 1.807) is 6.92 Å². The Labute approximate surface area is 185 Å². The number of aliphatic hydroxyl groups is 1. The third-order valence-electron chi connectivity index (χ3n) is 5.95. The van der Waals surface area contributed by atoms with Gasteiger partial charge in [-0.2, -0.15) is 0 Å². The van der Waals surface area contributed by atoms with Crippen molar-refractivity contribution in [3.8, 4) is 5.75 Å². The summed E-state index contributed by atoms with van der Waals surface area (Å²) in [6.45, 7) is 1.89. The van der Waals surface area contributed by atoms with E-state index in [-0.39, 0.29) is 24.7 Å². The summed E-state index contributed by atoms with van der Waals surface area (Å²) in [6.07, 6.45) is 4.88. The van der Waals surface area contributed by atoms with Gasteiger partial charge in [0.2, 0.25) is 11.3 Å². The molecule has 0 radical (unpaired) electrons. The Kier molecular flexibility index (Phi) is 6.41. The number of nitrogens with zero attached hydrogens (tertiary/aromatic N) is 2. The lowest BCUT2D eigenvalue weighted by molar-refractivity contribution is -0.122. The predicted molar refractivity (Wildman–Crippen MR) is 123 cm³/mol. The van der Waals surface area contributed by atoms with Crippen molar-refractivity contribution in [3.05, 3.63) is 63.7 Å². The normalized spacial score (nSPS) is 14.1. The van der Waals surface area contributed by atoms with E-state index in [9.17, 15) is 19.8 Å². The molecule has 8 heteroatoms. The molecule has 0 bridgehead atoms. The van der Waals surface area contributed by atoms with Crippen LogP contribution in [-0.2, 0) is 24.2 Å². The van der Waals surface area contributed by atoms with Gasteiger partial charge in [0.25, 0.3) is 0 Å². The number of fused-ring (bicyclic) bond motifs is 2. The number of nitrogens with one attached hydrogen (secondary N) is 2. The van der Waals surface area contributed by atoms with E-state index in [0.717, 1.165) is 48.0 Å². The van der Waals surface area contributed by atoms with Gasteiger partial charge in [0.1, 0.15) is 6.54 Å². The Balaban J connectivity index is 1.38. The minimum absolute atomic E-state index is 0.0533. The van der Waals surface area contributed by atoms with Crippen LogP contribution in [0.3, 0.4) is 0 Å². The van der Waals surface area contributed by atoms with Crippen molar-refractivity contribution in [2.75, 3.05) is 18.4 Å². The maximum atomic E-state index is 12.3. The smallest absolute Gasteiger partial charge is 0.240 e. The van der Waals surface area contributed by atoms with E-state index in [1.807, 2.05) is 24.3 Å². The monoisotopic (exact) mass is 436 g/mol. The molecule has 0 saturated carbocycles. The Hall–Kier alpha value is -3.39. The highest BCUT2D eigenvalue weighted by atomic mass is 16.3. The number of para-hydroxylation sites is 1. The van der Waals surface area contributed by atoms with E-state index in [1.165, 1.54) is 22.4 Å². The molecule has 3 aromatic rings. The summed E-state index contributed by atoms with van der Waals surface area (Å²) in [5.74, 6) is -0.681. The molecule has 8 nitrogen and oxygen atoms in total. The third-order valence-corrected chi connectivity index (χ3v) is 5.95. The maximum Gasteiger partial charge on any atom is 0.240 e. The number of benzene rings is 1. The van der Waals surface area contributed by atoms with Crippen LogP contribution in [0.5, 0.6) is 5.75 Å². The van der Waals surface area contributed by atoms with Gasteiger partial charge >= 0.3 is 0 Å². The number of hydrogen-bond donors (Lipinski definition) is 4. The molecular formula is C24H28N4O4. The second-order valence-electron chi connectivity index (χ2n) is 8.22. The molecule has 1 aliphatic rings. The van der Waals surface area contributed by atoms with Gasteiger partial charge in [0.15, 0.2) is 5.75 Å². The van der Waals surface area contributed by atoms with Crippen LogP contribution < -0.4 is 16.1 Å². The zero-order valence-electron chi connectivity index (χ0n) is 18.1. The summed E-state index contributed by atoms with van der Waals surface area (Å²) < 4.78 is 1.49. The van der Waals surface area contributed by atoms with Crippen LogP contribution in [0.15, 0.2) is 41.3 Å². The zero-order chi connectivity index (χ0) is 22.7. The van der Waals surface area contributed by atoms with Gasteiger partial charge in [-0.3, -0.25) is 14.6 Å². The fourth-order valence-corrected chi connectivity index (χ4v) is 4.14. The van der Waals surface area contributed by atoms with Crippen LogP contribution >= 0.6 is 0 Å². The van der Waals surface area contributed by atoms with Crippen molar-refractivity contribution < 1.29 is 15.0 Å². The largest absolute Gasteiger partial charge is 0.503 e. The van der Waals surface area contributed by atoms with Crippen LogP contribution in [-0.4, -0.2) is 44.9 Å². The second-order valence-corrected chi connectivity index (χ2v) is 8.22. The molecule has 32 heavy (non-hydrogen) atoms. The van der Waals surface area contributed by atoms with E-state index >= 15 is 0 Å². The molecule has 0 saturated heterocycles. The minimum atomic E-state index is -0.784. The first kappa shape index (κ1) is 21.8. The molecule has 1 unspecified atom stereocenters. The molecule has 4 N–H and O–H groups in total. The van der Waals surface area contributed by atoms with Crippen LogP contribution in [0.2, 0.25) is 0 Å². The van der Waals surface area contributed by atoms with Crippen LogP contribution in [0, 0.1) is 6.92 Å². The highest BCUT2D eigenvalue weighted by Crippen LogP contribution is 2.33. The Morgan fingerprint density at radius 3 is 2.81 bits per heavy atom. The lowest BCUT2D eigenvalue weighted by Gasteiger charge is -2.23. The number of aryl methyl sites for hydroxylation is 1. The van der Waals surface area contributed by atoms with Crippen molar-refractivity contribution >= 4 is 22.5 Å². The first-order chi connectivity index (χ1) is 15.4. The average molecular weight is 437 g/mol. The number of carbonyl (C=O) groups excluding carboxylic acids is 1. The van der Waals surface area contributed by atoms with E-state index in [2.05, 4.69) is 10.6 Å². The molecule has 0 fully saturated rings. The molecule has 1 aliphatic carbocycles. The number of pyridine rings is 2. The molecule has 0 aliphatic heterocycles. The first-order valence-electron chi connectivity index (χ1n) is 10.9. The molecular weight excluding hydrogens is 408 g/mol. The number of rotatable bonds is 7. The van der Waals surface area contributed by atoms with Crippen LogP contribution in [0.1, 0.15) is 29.8 Å². The predicted octanol–water partition coefficient (Wildman–Crippen LogP) is 1.88. The van der Waals surface area contributed by atoms with Gasteiger partial charge in [-0.05, 0) is 44.2 Å². The summed E-state index contributed by atoms with van der Waals surface area (Å²) >= 11 is 0. The zero-order valence-corrected chi connectivity index (χ0v) is 18.1. The van der Waals surface area contributed by atoms with E-state index in [4.69, 9.17) is 4.98 Å². The lowest BCUT2D eigenvalue weighted by atomic mass is 9.92. The second kappa shape index (κ2) is 9.40. The first-order valence-corrected chi connectivity index (χ1v) is 10.9. The highest BCUT2D eigenvalue weighted by Gasteiger charge is 2.19. The molecule has 4 rings (SSSR count). The van der Waals surface area contributed by atoms with Crippen LogP contribution in [0.25, 0.3) is 10.9 Å². The number of carbonyl (C=O) groups is 1. The highest BCUT2D eigenvalue weighted by molar-refractivity contribution is 5.93. The molecule has 2 heterocycles. The average Bonchev–Trinajstić information content (AvgIpc) is 2.80. The number of aromatic nitrogens is 2. The number of aromatic hydroxyl groups is 1. The van der Waals surface area contributed by atoms with Gasteiger partial charge in [0.05, 0.1) is 17.3 Å². The molecule has 1 amide bonds.